The zero-order valence-electron chi connectivity index (χ0n) is 14.2. The average Bonchev–Trinajstić information content (AvgIpc) is 3.33. The molecule has 0 atom stereocenters. The molecule has 0 saturated heterocycles. The van der Waals surface area contributed by atoms with E-state index in [0.717, 1.165) is 11.1 Å². The number of aldehydes is 1. The van der Waals surface area contributed by atoms with Gasteiger partial charge in [-0.3, -0.25) is 4.79 Å². The fourth-order valence-electron chi connectivity index (χ4n) is 2.74. The molecule has 0 aliphatic carbocycles. The Morgan fingerprint density at radius 3 is 2.42 bits per heavy atom. The number of fused-ring (bicyclic) bond motifs is 1. The minimum absolute atomic E-state index is 0.284. The Hall–Kier alpha value is -3.54. The molecule has 0 aliphatic rings. The van der Waals surface area contributed by atoms with E-state index in [4.69, 9.17) is 18.3 Å². The third-order valence-corrected chi connectivity index (χ3v) is 4.05. The zero-order chi connectivity index (χ0) is 18.1. The second-order valence-electron chi connectivity index (χ2n) is 5.59. The highest BCUT2D eigenvalue weighted by Gasteiger charge is 2.13. The largest absolute Gasteiger partial charge is 0.493 e. The molecule has 0 unspecified atom stereocenters. The minimum Gasteiger partial charge on any atom is -0.493 e. The first kappa shape index (κ1) is 16.0. The van der Waals surface area contributed by atoms with E-state index in [1.165, 1.54) is 0 Å². The average molecular weight is 349 g/mol. The molecule has 0 amide bonds. The van der Waals surface area contributed by atoms with Gasteiger partial charge in [0.15, 0.2) is 29.1 Å². The van der Waals surface area contributed by atoms with Crippen molar-refractivity contribution in [1.82, 2.24) is 4.98 Å². The highest BCUT2D eigenvalue weighted by Crippen LogP contribution is 2.34. The van der Waals surface area contributed by atoms with Crippen molar-refractivity contribution in [1.29, 1.82) is 0 Å². The van der Waals surface area contributed by atoms with Crippen LogP contribution in [0, 0.1) is 0 Å². The quantitative estimate of drug-likeness (QED) is 0.491. The maximum atomic E-state index is 10.8. The number of rotatable bonds is 5. The summed E-state index contributed by atoms with van der Waals surface area (Å²) in [6, 6.07) is 14.4. The highest BCUT2D eigenvalue weighted by atomic mass is 16.5. The number of hydrogen-bond acceptors (Lipinski definition) is 6. The number of oxazole rings is 1. The number of carbonyl (C=O) groups is 1. The standard InChI is InChI=1S/C20H15NO5/c1-23-18-7-4-13(10-19(18)24-2)20-21-15-9-12(3-6-17(15)26-20)16-8-5-14(11-22)25-16/h3-11H,1-2H3. The second kappa shape index (κ2) is 6.40. The lowest BCUT2D eigenvalue weighted by Crippen LogP contribution is -1.90. The number of methoxy groups -OCH3 is 2. The topological polar surface area (TPSA) is 74.7 Å². The molecule has 0 bridgehead atoms. The van der Waals surface area contributed by atoms with E-state index in [1.54, 1.807) is 32.4 Å². The van der Waals surface area contributed by atoms with Gasteiger partial charge < -0.3 is 18.3 Å². The number of ether oxygens (including phenoxy) is 2. The molecule has 4 aromatic rings. The smallest absolute Gasteiger partial charge is 0.227 e. The summed E-state index contributed by atoms with van der Waals surface area (Å²) in [6.45, 7) is 0. The Labute approximate surface area is 149 Å². The fraction of sp³-hybridized carbons (Fsp3) is 0.100. The molecule has 26 heavy (non-hydrogen) atoms. The Morgan fingerprint density at radius 1 is 0.885 bits per heavy atom. The Morgan fingerprint density at radius 2 is 1.69 bits per heavy atom. The molecule has 0 fully saturated rings. The second-order valence-corrected chi connectivity index (χ2v) is 5.59. The van der Waals surface area contributed by atoms with Crippen molar-refractivity contribution in [3.63, 3.8) is 0 Å². The molecule has 6 nitrogen and oxygen atoms in total. The van der Waals surface area contributed by atoms with E-state index < -0.39 is 0 Å². The molecule has 2 aromatic carbocycles. The summed E-state index contributed by atoms with van der Waals surface area (Å²) < 4.78 is 21.9. The summed E-state index contributed by atoms with van der Waals surface area (Å²) in [5, 5.41) is 0. The van der Waals surface area contributed by atoms with Crippen LogP contribution in [0.5, 0.6) is 11.5 Å². The molecule has 2 aromatic heterocycles. The first-order valence-corrected chi connectivity index (χ1v) is 7.90. The summed E-state index contributed by atoms with van der Waals surface area (Å²) in [6.07, 6.45) is 0.674. The lowest BCUT2D eigenvalue weighted by molar-refractivity contribution is 0.110. The predicted octanol–water partition coefficient (Wildman–Crippen LogP) is 4.58. The van der Waals surface area contributed by atoms with Crippen molar-refractivity contribution in [3.8, 4) is 34.3 Å². The van der Waals surface area contributed by atoms with Gasteiger partial charge in [-0.15, -0.1) is 0 Å². The summed E-state index contributed by atoms with van der Waals surface area (Å²) in [5.74, 6) is 2.60. The van der Waals surface area contributed by atoms with Crippen LogP contribution in [0.25, 0.3) is 33.9 Å². The summed E-state index contributed by atoms with van der Waals surface area (Å²) in [7, 11) is 3.17. The van der Waals surface area contributed by atoms with Gasteiger partial charge in [0.1, 0.15) is 11.3 Å². The number of furan rings is 1. The van der Waals surface area contributed by atoms with E-state index in [-0.39, 0.29) is 5.76 Å². The predicted molar refractivity (Wildman–Crippen MR) is 95.6 cm³/mol. The highest BCUT2D eigenvalue weighted by molar-refractivity contribution is 5.82. The maximum Gasteiger partial charge on any atom is 0.227 e. The molecule has 0 saturated carbocycles. The van der Waals surface area contributed by atoms with Crippen molar-refractivity contribution in [2.24, 2.45) is 0 Å². The van der Waals surface area contributed by atoms with Gasteiger partial charge in [-0.1, -0.05) is 0 Å². The first-order valence-electron chi connectivity index (χ1n) is 7.90. The van der Waals surface area contributed by atoms with Crippen molar-refractivity contribution in [3.05, 3.63) is 54.3 Å². The van der Waals surface area contributed by atoms with Crippen LogP contribution in [0.2, 0.25) is 0 Å². The van der Waals surface area contributed by atoms with Crippen molar-refractivity contribution in [2.45, 2.75) is 0 Å². The van der Waals surface area contributed by atoms with E-state index in [2.05, 4.69) is 4.98 Å². The molecule has 2 heterocycles. The van der Waals surface area contributed by atoms with Gasteiger partial charge in [0, 0.05) is 11.1 Å². The molecule has 0 aliphatic heterocycles. The zero-order valence-corrected chi connectivity index (χ0v) is 14.2. The molecule has 0 spiro atoms. The van der Waals surface area contributed by atoms with Crippen LogP contribution in [0.4, 0.5) is 0 Å². The lowest BCUT2D eigenvalue weighted by atomic mass is 10.1. The van der Waals surface area contributed by atoms with Crippen molar-refractivity contribution < 1.29 is 23.1 Å². The lowest BCUT2D eigenvalue weighted by Gasteiger charge is -2.07. The Kier molecular flexibility index (Phi) is 3.93. The third-order valence-electron chi connectivity index (χ3n) is 4.05. The van der Waals surface area contributed by atoms with Gasteiger partial charge in [0.25, 0.3) is 0 Å². The Bertz CT molecular complexity index is 1090. The van der Waals surface area contributed by atoms with E-state index in [0.29, 0.717) is 40.5 Å². The molecular formula is C20H15NO5. The molecular weight excluding hydrogens is 334 g/mol. The number of carbonyl (C=O) groups excluding carboxylic acids is 1. The number of nitrogens with zero attached hydrogens (tertiary/aromatic N) is 1. The number of aromatic nitrogens is 1. The molecule has 130 valence electrons. The van der Waals surface area contributed by atoms with E-state index in [9.17, 15) is 4.79 Å². The SMILES string of the molecule is COc1ccc(-c2nc3cc(-c4ccc(C=O)o4)ccc3o2)cc1OC. The van der Waals surface area contributed by atoms with Crippen LogP contribution >= 0.6 is 0 Å². The fourth-order valence-corrected chi connectivity index (χ4v) is 2.74. The number of hydrogen-bond donors (Lipinski definition) is 0. The van der Waals surface area contributed by atoms with Crippen LogP contribution in [-0.4, -0.2) is 25.5 Å². The normalized spacial score (nSPS) is 10.8. The van der Waals surface area contributed by atoms with Crippen LogP contribution in [0.1, 0.15) is 10.6 Å². The number of benzene rings is 2. The van der Waals surface area contributed by atoms with Crippen molar-refractivity contribution >= 4 is 17.4 Å². The van der Waals surface area contributed by atoms with Crippen LogP contribution in [-0.2, 0) is 0 Å². The van der Waals surface area contributed by atoms with Gasteiger partial charge >= 0.3 is 0 Å². The van der Waals surface area contributed by atoms with Gasteiger partial charge in [-0.25, -0.2) is 4.98 Å². The first-order chi connectivity index (χ1) is 12.7. The van der Waals surface area contributed by atoms with E-state index >= 15 is 0 Å². The van der Waals surface area contributed by atoms with Gasteiger partial charge in [-0.05, 0) is 48.5 Å². The van der Waals surface area contributed by atoms with Gasteiger partial charge in [-0.2, -0.15) is 0 Å². The minimum atomic E-state index is 0.284. The van der Waals surface area contributed by atoms with Crippen LogP contribution in [0.15, 0.2) is 57.4 Å². The Balaban J connectivity index is 1.75. The molecule has 6 heteroatoms. The van der Waals surface area contributed by atoms with E-state index in [1.807, 2.05) is 30.3 Å². The third kappa shape index (κ3) is 2.71. The van der Waals surface area contributed by atoms with Crippen LogP contribution < -0.4 is 9.47 Å². The monoisotopic (exact) mass is 349 g/mol. The summed E-state index contributed by atoms with van der Waals surface area (Å²) in [4.78, 5) is 15.3. The van der Waals surface area contributed by atoms with Crippen LogP contribution in [0.3, 0.4) is 0 Å². The molecule has 4 rings (SSSR count). The molecule has 0 radical (unpaired) electrons. The van der Waals surface area contributed by atoms with Gasteiger partial charge in [0.05, 0.1) is 14.2 Å². The summed E-state index contributed by atoms with van der Waals surface area (Å²) in [5.41, 5.74) is 2.94. The summed E-state index contributed by atoms with van der Waals surface area (Å²) >= 11 is 0. The van der Waals surface area contributed by atoms with Crippen molar-refractivity contribution in [2.75, 3.05) is 14.2 Å². The maximum absolute atomic E-state index is 10.8. The van der Waals surface area contributed by atoms with Gasteiger partial charge in [0.2, 0.25) is 5.89 Å². The molecule has 0 N–H and O–H groups in total.